The number of benzene rings is 1. The molecule has 1 atom stereocenters. The van der Waals surface area contributed by atoms with Gasteiger partial charge < -0.3 is 10.6 Å². The van der Waals surface area contributed by atoms with Crippen molar-refractivity contribution in [3.63, 3.8) is 0 Å². The molecule has 2 N–H and O–H groups in total. The maximum Gasteiger partial charge on any atom is 0.234 e. The third-order valence-corrected chi connectivity index (χ3v) is 3.32. The second-order valence-corrected chi connectivity index (χ2v) is 4.79. The molecule has 1 fully saturated rings. The van der Waals surface area contributed by atoms with Gasteiger partial charge in [0.25, 0.3) is 0 Å². The summed E-state index contributed by atoms with van der Waals surface area (Å²) >= 11 is 0. The molecule has 1 aliphatic heterocycles. The number of hydrogen-bond donors (Lipinski definition) is 2. The van der Waals surface area contributed by atoms with Crippen LogP contribution in [0.3, 0.4) is 0 Å². The Morgan fingerprint density at radius 1 is 1.44 bits per heavy atom. The molecular weight excluding hydrogens is 226 g/mol. The molecule has 0 unspecified atom stereocenters. The van der Waals surface area contributed by atoms with Gasteiger partial charge in [0.2, 0.25) is 5.91 Å². The Labute approximate surface area is 108 Å². The Bertz CT molecular complexity index is 380. The molecule has 1 saturated heterocycles. The fourth-order valence-electron chi connectivity index (χ4n) is 2.15. The van der Waals surface area contributed by atoms with Gasteiger partial charge in [-0.25, -0.2) is 0 Å². The lowest BCUT2D eigenvalue weighted by Gasteiger charge is -2.33. The van der Waals surface area contributed by atoms with E-state index in [1.165, 1.54) is 0 Å². The molecule has 1 amide bonds. The summed E-state index contributed by atoms with van der Waals surface area (Å²) in [6.45, 7) is 6.13. The van der Waals surface area contributed by atoms with Crippen LogP contribution in [-0.2, 0) is 11.3 Å². The first-order chi connectivity index (χ1) is 8.75. The van der Waals surface area contributed by atoms with E-state index in [0.717, 1.165) is 25.2 Å². The summed E-state index contributed by atoms with van der Waals surface area (Å²) in [7, 11) is 0. The van der Waals surface area contributed by atoms with Crippen LogP contribution in [0, 0.1) is 0 Å². The molecule has 0 aromatic heterocycles. The molecule has 1 heterocycles. The third-order valence-electron chi connectivity index (χ3n) is 3.32. The van der Waals surface area contributed by atoms with E-state index in [-0.39, 0.29) is 5.91 Å². The number of rotatable bonds is 4. The summed E-state index contributed by atoms with van der Waals surface area (Å²) < 4.78 is 0. The van der Waals surface area contributed by atoms with E-state index >= 15 is 0 Å². The van der Waals surface area contributed by atoms with E-state index in [2.05, 4.69) is 22.5 Å². The highest BCUT2D eigenvalue weighted by Crippen LogP contribution is 2.02. The van der Waals surface area contributed by atoms with Crippen LogP contribution in [0.25, 0.3) is 0 Å². The van der Waals surface area contributed by atoms with Crippen molar-refractivity contribution >= 4 is 5.91 Å². The van der Waals surface area contributed by atoms with Gasteiger partial charge in [-0.15, -0.1) is 0 Å². The molecule has 2 rings (SSSR count). The van der Waals surface area contributed by atoms with Crippen LogP contribution >= 0.6 is 0 Å². The highest BCUT2D eigenvalue weighted by molar-refractivity contribution is 5.78. The fraction of sp³-hybridized carbons (Fsp3) is 0.500. The van der Waals surface area contributed by atoms with Crippen molar-refractivity contribution in [2.45, 2.75) is 19.5 Å². The topological polar surface area (TPSA) is 44.4 Å². The predicted molar refractivity (Wildman–Crippen MR) is 72.2 cm³/mol. The van der Waals surface area contributed by atoms with Gasteiger partial charge in [0, 0.05) is 32.2 Å². The zero-order chi connectivity index (χ0) is 12.8. The van der Waals surface area contributed by atoms with Crippen LogP contribution < -0.4 is 10.6 Å². The Morgan fingerprint density at radius 3 is 2.94 bits per heavy atom. The van der Waals surface area contributed by atoms with Gasteiger partial charge in [-0.1, -0.05) is 30.3 Å². The molecule has 1 aromatic carbocycles. The Balaban J connectivity index is 1.75. The lowest BCUT2D eigenvalue weighted by molar-refractivity contribution is -0.123. The molecule has 98 valence electrons. The molecule has 4 nitrogen and oxygen atoms in total. The minimum absolute atomic E-state index is 0.104. The lowest BCUT2D eigenvalue weighted by Crippen LogP contribution is -2.52. The van der Waals surface area contributed by atoms with E-state index in [1.807, 2.05) is 30.3 Å². The van der Waals surface area contributed by atoms with Gasteiger partial charge in [-0.3, -0.25) is 9.69 Å². The van der Waals surface area contributed by atoms with Crippen LogP contribution in [0.2, 0.25) is 0 Å². The van der Waals surface area contributed by atoms with Crippen molar-refractivity contribution in [2.75, 3.05) is 26.2 Å². The summed E-state index contributed by atoms with van der Waals surface area (Å²) in [5, 5.41) is 6.29. The first-order valence-electron chi connectivity index (χ1n) is 6.51. The second-order valence-electron chi connectivity index (χ2n) is 4.79. The number of nitrogens with one attached hydrogen (secondary N) is 2. The summed E-state index contributed by atoms with van der Waals surface area (Å²) in [4.78, 5) is 14.1. The molecule has 0 saturated carbocycles. The van der Waals surface area contributed by atoms with Crippen LogP contribution in [-0.4, -0.2) is 43.0 Å². The van der Waals surface area contributed by atoms with Crippen LogP contribution in [0.1, 0.15) is 12.5 Å². The molecule has 0 spiro atoms. The molecule has 0 radical (unpaired) electrons. The van der Waals surface area contributed by atoms with Crippen molar-refractivity contribution in [1.82, 2.24) is 15.5 Å². The SMILES string of the molecule is C[C@@H]1CNCCN1CC(=O)NCc1ccccc1. The molecule has 1 aliphatic rings. The fourth-order valence-corrected chi connectivity index (χ4v) is 2.15. The number of piperazine rings is 1. The van der Waals surface area contributed by atoms with E-state index < -0.39 is 0 Å². The van der Waals surface area contributed by atoms with Gasteiger partial charge in [0.15, 0.2) is 0 Å². The average molecular weight is 247 g/mol. The number of amides is 1. The number of carbonyl (C=O) groups excluding carboxylic acids is 1. The normalized spacial score (nSPS) is 20.6. The van der Waals surface area contributed by atoms with Gasteiger partial charge >= 0.3 is 0 Å². The minimum Gasteiger partial charge on any atom is -0.351 e. The van der Waals surface area contributed by atoms with Gasteiger partial charge in [0.05, 0.1) is 6.54 Å². The summed E-state index contributed by atoms with van der Waals surface area (Å²) in [5.41, 5.74) is 1.14. The minimum atomic E-state index is 0.104. The molecule has 4 heteroatoms. The Kier molecular flexibility index (Phi) is 4.73. The zero-order valence-corrected chi connectivity index (χ0v) is 10.9. The van der Waals surface area contributed by atoms with E-state index in [4.69, 9.17) is 0 Å². The van der Waals surface area contributed by atoms with Crippen LogP contribution in [0.4, 0.5) is 0 Å². The summed E-state index contributed by atoms with van der Waals surface area (Å²) in [5.74, 6) is 0.104. The highest BCUT2D eigenvalue weighted by Gasteiger charge is 2.19. The number of carbonyl (C=O) groups is 1. The summed E-state index contributed by atoms with van der Waals surface area (Å²) in [6, 6.07) is 10.4. The smallest absolute Gasteiger partial charge is 0.234 e. The summed E-state index contributed by atoms with van der Waals surface area (Å²) in [6.07, 6.45) is 0. The quantitative estimate of drug-likeness (QED) is 0.819. The Morgan fingerprint density at radius 2 is 2.22 bits per heavy atom. The molecular formula is C14H21N3O. The van der Waals surface area contributed by atoms with E-state index in [9.17, 15) is 4.79 Å². The van der Waals surface area contributed by atoms with Crippen molar-refractivity contribution in [3.05, 3.63) is 35.9 Å². The number of nitrogens with zero attached hydrogens (tertiary/aromatic N) is 1. The van der Waals surface area contributed by atoms with Gasteiger partial charge in [-0.2, -0.15) is 0 Å². The lowest BCUT2D eigenvalue weighted by atomic mass is 10.2. The molecule has 18 heavy (non-hydrogen) atoms. The van der Waals surface area contributed by atoms with Crippen molar-refractivity contribution in [2.24, 2.45) is 0 Å². The largest absolute Gasteiger partial charge is 0.351 e. The third kappa shape index (κ3) is 3.82. The highest BCUT2D eigenvalue weighted by atomic mass is 16.2. The van der Waals surface area contributed by atoms with Crippen LogP contribution in [0.5, 0.6) is 0 Å². The molecule has 0 bridgehead atoms. The molecule has 1 aromatic rings. The van der Waals surface area contributed by atoms with Crippen molar-refractivity contribution in [1.29, 1.82) is 0 Å². The Hall–Kier alpha value is -1.39. The molecule has 0 aliphatic carbocycles. The van der Waals surface area contributed by atoms with Gasteiger partial charge in [0.1, 0.15) is 0 Å². The zero-order valence-electron chi connectivity index (χ0n) is 10.9. The van der Waals surface area contributed by atoms with Crippen LogP contribution in [0.15, 0.2) is 30.3 Å². The average Bonchev–Trinajstić information content (AvgIpc) is 2.40. The number of hydrogen-bond acceptors (Lipinski definition) is 3. The maximum atomic E-state index is 11.9. The van der Waals surface area contributed by atoms with Crippen molar-refractivity contribution < 1.29 is 4.79 Å². The van der Waals surface area contributed by atoms with Crippen molar-refractivity contribution in [3.8, 4) is 0 Å². The monoisotopic (exact) mass is 247 g/mol. The predicted octanol–water partition coefficient (Wildman–Crippen LogP) is 0.597. The van der Waals surface area contributed by atoms with E-state index in [0.29, 0.717) is 19.1 Å². The maximum absolute atomic E-state index is 11.9. The van der Waals surface area contributed by atoms with E-state index in [1.54, 1.807) is 0 Å². The first kappa shape index (κ1) is 13.1. The standard InChI is InChI=1S/C14H21N3O/c1-12-9-15-7-8-17(12)11-14(18)16-10-13-5-3-2-4-6-13/h2-6,12,15H,7-11H2,1H3,(H,16,18)/t12-/m1/s1. The first-order valence-corrected chi connectivity index (χ1v) is 6.51. The second kappa shape index (κ2) is 6.52. The van der Waals surface area contributed by atoms with Gasteiger partial charge in [-0.05, 0) is 12.5 Å².